The molecule has 2 rings (SSSR count). The fourth-order valence-electron chi connectivity index (χ4n) is 1.61. The molecular formula is C15H12N2O2. The van der Waals surface area contributed by atoms with E-state index < -0.39 is 0 Å². The molecule has 4 heteroatoms. The summed E-state index contributed by atoms with van der Waals surface area (Å²) in [7, 11) is 0. The van der Waals surface area contributed by atoms with Crippen molar-refractivity contribution < 1.29 is 9.90 Å². The topological polar surface area (TPSA) is 73.1 Å². The molecule has 2 N–H and O–H groups in total. The highest BCUT2D eigenvalue weighted by Crippen LogP contribution is 2.14. The number of anilines is 1. The van der Waals surface area contributed by atoms with Crippen LogP contribution in [0.5, 0.6) is 5.75 Å². The van der Waals surface area contributed by atoms with E-state index in [2.05, 4.69) is 11.4 Å². The van der Waals surface area contributed by atoms with E-state index in [4.69, 9.17) is 10.4 Å². The maximum Gasteiger partial charge on any atom is 0.255 e. The molecule has 2 aromatic rings. The minimum Gasteiger partial charge on any atom is -0.508 e. The van der Waals surface area contributed by atoms with E-state index >= 15 is 0 Å². The molecule has 19 heavy (non-hydrogen) atoms. The first kappa shape index (κ1) is 12.7. The lowest BCUT2D eigenvalue weighted by Crippen LogP contribution is -2.11. The third-order valence-corrected chi connectivity index (χ3v) is 2.62. The lowest BCUT2D eigenvalue weighted by molar-refractivity contribution is 0.102. The van der Waals surface area contributed by atoms with E-state index in [1.807, 2.05) is 0 Å². The van der Waals surface area contributed by atoms with Crippen LogP contribution in [0.15, 0.2) is 48.5 Å². The summed E-state index contributed by atoms with van der Waals surface area (Å²) in [6.45, 7) is 0. The van der Waals surface area contributed by atoms with Crippen molar-refractivity contribution in [1.82, 2.24) is 0 Å². The summed E-state index contributed by atoms with van der Waals surface area (Å²) in [4.78, 5) is 11.9. The van der Waals surface area contributed by atoms with E-state index in [-0.39, 0.29) is 11.7 Å². The Kier molecular flexibility index (Phi) is 3.79. The maximum absolute atomic E-state index is 11.9. The van der Waals surface area contributed by atoms with Gasteiger partial charge in [-0.3, -0.25) is 4.79 Å². The molecule has 0 saturated heterocycles. The van der Waals surface area contributed by atoms with Gasteiger partial charge in [-0.15, -0.1) is 0 Å². The van der Waals surface area contributed by atoms with Crippen molar-refractivity contribution in [3.05, 3.63) is 59.7 Å². The summed E-state index contributed by atoms with van der Waals surface area (Å²) in [5.74, 6) is -0.120. The number of carbonyl (C=O) groups excluding carboxylic acids is 1. The molecule has 4 nitrogen and oxygen atoms in total. The predicted octanol–water partition coefficient (Wildman–Crippen LogP) is 2.71. The number of carbonyl (C=O) groups is 1. The Balaban J connectivity index is 2.06. The molecule has 0 aliphatic heterocycles. The van der Waals surface area contributed by atoms with Crippen LogP contribution in [-0.2, 0) is 6.42 Å². The molecule has 2 aromatic carbocycles. The van der Waals surface area contributed by atoms with Crippen LogP contribution >= 0.6 is 0 Å². The number of nitriles is 1. The zero-order valence-electron chi connectivity index (χ0n) is 10.1. The average Bonchev–Trinajstić information content (AvgIpc) is 2.42. The van der Waals surface area contributed by atoms with Crippen molar-refractivity contribution in [2.24, 2.45) is 0 Å². The SMILES string of the molecule is N#CCc1ccc(NC(=O)c2ccc(O)cc2)cc1. The number of nitrogens with one attached hydrogen (secondary N) is 1. The fourth-order valence-corrected chi connectivity index (χ4v) is 1.61. The van der Waals surface area contributed by atoms with Crippen molar-refractivity contribution in [2.45, 2.75) is 6.42 Å². The molecule has 0 fully saturated rings. The Bertz CT molecular complexity index is 610. The predicted molar refractivity (Wildman–Crippen MR) is 71.8 cm³/mol. The molecule has 0 radical (unpaired) electrons. The van der Waals surface area contributed by atoms with E-state index in [1.165, 1.54) is 12.1 Å². The quantitative estimate of drug-likeness (QED) is 0.882. The van der Waals surface area contributed by atoms with Gasteiger partial charge in [0.2, 0.25) is 0 Å². The van der Waals surface area contributed by atoms with Gasteiger partial charge in [0.15, 0.2) is 0 Å². The molecule has 0 saturated carbocycles. The largest absolute Gasteiger partial charge is 0.508 e. The van der Waals surface area contributed by atoms with Crippen LogP contribution in [0.4, 0.5) is 5.69 Å². The molecule has 0 aliphatic carbocycles. The number of amides is 1. The van der Waals surface area contributed by atoms with Crippen molar-refractivity contribution in [1.29, 1.82) is 5.26 Å². The Hall–Kier alpha value is -2.80. The van der Waals surface area contributed by atoms with Crippen LogP contribution in [0.2, 0.25) is 0 Å². The second kappa shape index (κ2) is 5.69. The van der Waals surface area contributed by atoms with Crippen LogP contribution < -0.4 is 5.32 Å². The standard InChI is InChI=1S/C15H12N2O2/c16-10-9-11-1-5-13(6-2-11)17-15(19)12-3-7-14(18)8-4-12/h1-8,18H,9H2,(H,17,19). The summed E-state index contributed by atoms with van der Waals surface area (Å²) in [5.41, 5.74) is 2.05. The second-order valence-electron chi connectivity index (χ2n) is 4.03. The number of hydrogen-bond acceptors (Lipinski definition) is 3. The number of benzene rings is 2. The first-order valence-corrected chi connectivity index (χ1v) is 5.75. The van der Waals surface area contributed by atoms with Gasteiger partial charge in [-0.05, 0) is 42.0 Å². The Morgan fingerprint density at radius 1 is 1.11 bits per heavy atom. The first-order valence-electron chi connectivity index (χ1n) is 5.75. The van der Waals surface area contributed by atoms with Crippen LogP contribution in [0.3, 0.4) is 0 Å². The molecule has 0 bridgehead atoms. The molecule has 0 heterocycles. The van der Waals surface area contributed by atoms with Crippen molar-refractivity contribution in [2.75, 3.05) is 5.32 Å². The number of aromatic hydroxyl groups is 1. The number of hydrogen-bond donors (Lipinski definition) is 2. The highest BCUT2D eigenvalue weighted by molar-refractivity contribution is 6.04. The number of phenols is 1. The summed E-state index contributed by atoms with van der Waals surface area (Å²) in [6.07, 6.45) is 0.353. The molecule has 0 atom stereocenters. The van der Waals surface area contributed by atoms with Gasteiger partial charge in [0.05, 0.1) is 12.5 Å². The van der Waals surface area contributed by atoms with Gasteiger partial charge in [0, 0.05) is 11.3 Å². The smallest absolute Gasteiger partial charge is 0.255 e. The van der Waals surface area contributed by atoms with Gasteiger partial charge >= 0.3 is 0 Å². The average molecular weight is 252 g/mol. The van der Waals surface area contributed by atoms with Crippen molar-refractivity contribution >= 4 is 11.6 Å². The van der Waals surface area contributed by atoms with Crippen LogP contribution in [0, 0.1) is 11.3 Å². The minimum absolute atomic E-state index is 0.123. The van der Waals surface area contributed by atoms with Crippen LogP contribution in [-0.4, -0.2) is 11.0 Å². The molecular weight excluding hydrogens is 240 g/mol. The van der Waals surface area contributed by atoms with Gasteiger partial charge in [-0.25, -0.2) is 0 Å². The number of rotatable bonds is 3. The third-order valence-electron chi connectivity index (χ3n) is 2.62. The van der Waals surface area contributed by atoms with E-state index in [0.29, 0.717) is 17.7 Å². The highest BCUT2D eigenvalue weighted by Gasteiger charge is 2.05. The van der Waals surface area contributed by atoms with Gasteiger partial charge in [-0.1, -0.05) is 12.1 Å². The maximum atomic E-state index is 11.9. The third kappa shape index (κ3) is 3.33. The molecule has 0 spiro atoms. The zero-order valence-corrected chi connectivity index (χ0v) is 10.1. The number of nitrogens with zero attached hydrogens (tertiary/aromatic N) is 1. The summed E-state index contributed by atoms with van der Waals surface area (Å²) < 4.78 is 0. The normalized spacial score (nSPS) is 9.63. The summed E-state index contributed by atoms with van der Waals surface area (Å²) >= 11 is 0. The monoisotopic (exact) mass is 252 g/mol. The van der Waals surface area contributed by atoms with Gasteiger partial charge in [0.1, 0.15) is 5.75 Å². The summed E-state index contributed by atoms with van der Waals surface area (Å²) in [6, 6.07) is 15.2. The fraction of sp³-hybridized carbons (Fsp3) is 0.0667. The van der Waals surface area contributed by atoms with Gasteiger partial charge < -0.3 is 10.4 Å². The van der Waals surface area contributed by atoms with Gasteiger partial charge in [0.25, 0.3) is 5.91 Å². The van der Waals surface area contributed by atoms with Gasteiger partial charge in [-0.2, -0.15) is 5.26 Å². The van der Waals surface area contributed by atoms with Crippen molar-refractivity contribution in [3.8, 4) is 11.8 Å². The Morgan fingerprint density at radius 2 is 1.74 bits per heavy atom. The highest BCUT2D eigenvalue weighted by atomic mass is 16.3. The van der Waals surface area contributed by atoms with E-state index in [9.17, 15) is 4.79 Å². The molecule has 0 unspecified atom stereocenters. The van der Waals surface area contributed by atoms with E-state index in [0.717, 1.165) is 5.56 Å². The Morgan fingerprint density at radius 3 is 2.32 bits per heavy atom. The molecule has 0 aliphatic rings. The van der Waals surface area contributed by atoms with E-state index in [1.54, 1.807) is 36.4 Å². The zero-order chi connectivity index (χ0) is 13.7. The molecule has 1 amide bonds. The first-order chi connectivity index (χ1) is 9.19. The molecule has 0 aromatic heterocycles. The lowest BCUT2D eigenvalue weighted by Gasteiger charge is -2.05. The minimum atomic E-state index is -0.243. The molecule has 94 valence electrons. The lowest BCUT2D eigenvalue weighted by atomic mass is 10.1. The van der Waals surface area contributed by atoms with Crippen LogP contribution in [0.25, 0.3) is 0 Å². The van der Waals surface area contributed by atoms with Crippen molar-refractivity contribution in [3.63, 3.8) is 0 Å². The van der Waals surface area contributed by atoms with Crippen LogP contribution in [0.1, 0.15) is 15.9 Å². The number of phenolic OH excluding ortho intramolecular Hbond substituents is 1. The summed E-state index contributed by atoms with van der Waals surface area (Å²) in [5, 5.41) is 20.5. The Labute approximate surface area is 110 Å². The second-order valence-corrected chi connectivity index (χ2v) is 4.03.